The lowest BCUT2D eigenvalue weighted by Gasteiger charge is -2.34. The van der Waals surface area contributed by atoms with E-state index in [2.05, 4.69) is 31.4 Å². The number of benzene rings is 1. The molecule has 2 amide bonds. The van der Waals surface area contributed by atoms with E-state index in [1.807, 2.05) is 52.0 Å². The summed E-state index contributed by atoms with van der Waals surface area (Å²) in [6, 6.07) is 7.53. The molecule has 3 rings (SSSR count). The molecule has 2 N–H and O–H groups in total. The highest BCUT2D eigenvalue weighted by molar-refractivity contribution is 7.17. The van der Waals surface area contributed by atoms with E-state index in [1.165, 1.54) is 4.88 Å². The number of fused-ring (bicyclic) bond motifs is 1. The molecule has 1 aromatic heterocycles. The summed E-state index contributed by atoms with van der Waals surface area (Å²) < 4.78 is 0. The lowest BCUT2D eigenvalue weighted by molar-refractivity contribution is 0.0919. The second kappa shape index (κ2) is 8.18. The first kappa shape index (κ1) is 22.5. The molecule has 1 heterocycles. The number of carbonyl (C=O) groups is 2. The van der Waals surface area contributed by atoms with Gasteiger partial charge in [-0.3, -0.25) is 9.59 Å². The maximum atomic E-state index is 13.2. The first-order valence-corrected chi connectivity index (χ1v) is 11.5. The molecule has 0 unspecified atom stereocenters. The Bertz CT molecular complexity index is 961. The maximum absolute atomic E-state index is 13.2. The van der Waals surface area contributed by atoms with Crippen LogP contribution in [0.25, 0.3) is 0 Å². The summed E-state index contributed by atoms with van der Waals surface area (Å²) in [6.07, 6.45) is 2.90. The Balaban J connectivity index is 1.99. The Kier molecular flexibility index (Phi) is 6.15. The Hall–Kier alpha value is -2.14. The molecular weight excluding hydrogens is 392 g/mol. The van der Waals surface area contributed by atoms with Crippen molar-refractivity contribution in [2.24, 2.45) is 11.3 Å². The van der Waals surface area contributed by atoms with Crippen LogP contribution in [0.4, 0.5) is 5.00 Å². The highest BCUT2D eigenvalue weighted by Gasteiger charge is 2.34. The molecule has 0 saturated carbocycles. The molecule has 2 aromatic rings. The zero-order chi connectivity index (χ0) is 22.3. The van der Waals surface area contributed by atoms with Crippen LogP contribution in [0.2, 0.25) is 0 Å². The summed E-state index contributed by atoms with van der Waals surface area (Å²) in [4.78, 5) is 27.5. The smallest absolute Gasteiger partial charge is 0.256 e. The van der Waals surface area contributed by atoms with Gasteiger partial charge in [0.2, 0.25) is 0 Å². The fourth-order valence-electron chi connectivity index (χ4n) is 4.05. The third kappa shape index (κ3) is 4.94. The van der Waals surface area contributed by atoms with Gasteiger partial charge in [0, 0.05) is 16.0 Å². The number of amides is 2. The van der Waals surface area contributed by atoms with E-state index in [-0.39, 0.29) is 22.8 Å². The molecule has 0 saturated heterocycles. The fraction of sp³-hybridized carbons (Fsp3) is 0.520. The lowest BCUT2D eigenvalue weighted by Crippen LogP contribution is -2.41. The molecule has 162 valence electrons. The first-order valence-electron chi connectivity index (χ1n) is 10.7. The number of thiophene rings is 1. The highest BCUT2D eigenvalue weighted by Crippen LogP contribution is 2.44. The number of hydrogen-bond acceptors (Lipinski definition) is 3. The SMILES string of the molecule is Cc1ccccc1C(=O)Nc1sc2c(c1C(=O)NC(C)(C)C)CC[C@H](C(C)(C)C)C2. The zero-order valence-electron chi connectivity index (χ0n) is 19.2. The van der Waals surface area contributed by atoms with Gasteiger partial charge in [0.25, 0.3) is 11.8 Å². The standard InChI is InChI=1S/C25H34N2O2S/c1-15-10-8-9-11-17(15)21(28)26-23-20(22(29)27-25(5,6)7)18-13-12-16(24(2,3)4)14-19(18)30-23/h8-11,16H,12-14H2,1-7H3,(H,26,28)(H,27,29)/t16-/m0/s1. The fourth-order valence-corrected chi connectivity index (χ4v) is 5.37. The van der Waals surface area contributed by atoms with E-state index in [1.54, 1.807) is 11.3 Å². The van der Waals surface area contributed by atoms with E-state index in [0.717, 1.165) is 30.4 Å². The minimum absolute atomic E-state index is 0.103. The van der Waals surface area contributed by atoms with Crippen LogP contribution < -0.4 is 10.6 Å². The largest absolute Gasteiger partial charge is 0.347 e. The Morgan fingerprint density at radius 2 is 1.70 bits per heavy atom. The Morgan fingerprint density at radius 3 is 2.30 bits per heavy atom. The predicted octanol–water partition coefficient (Wildman–Crippen LogP) is 5.99. The van der Waals surface area contributed by atoms with Gasteiger partial charge in [-0.1, -0.05) is 39.0 Å². The molecule has 0 radical (unpaired) electrons. The van der Waals surface area contributed by atoms with Gasteiger partial charge in [0.1, 0.15) is 5.00 Å². The zero-order valence-corrected chi connectivity index (χ0v) is 20.0. The number of anilines is 1. The molecule has 5 heteroatoms. The van der Waals surface area contributed by atoms with Gasteiger partial charge in [-0.25, -0.2) is 0 Å². The van der Waals surface area contributed by atoms with Crippen molar-refractivity contribution in [2.45, 2.75) is 73.3 Å². The van der Waals surface area contributed by atoms with Crippen LogP contribution in [-0.4, -0.2) is 17.4 Å². The molecule has 0 aliphatic heterocycles. The summed E-state index contributed by atoms with van der Waals surface area (Å²) >= 11 is 1.57. The Labute approximate surface area is 184 Å². The van der Waals surface area contributed by atoms with E-state index < -0.39 is 0 Å². The van der Waals surface area contributed by atoms with E-state index in [9.17, 15) is 9.59 Å². The third-order valence-electron chi connectivity index (χ3n) is 5.82. The Morgan fingerprint density at radius 1 is 1.03 bits per heavy atom. The molecule has 1 aromatic carbocycles. The monoisotopic (exact) mass is 426 g/mol. The molecular formula is C25H34N2O2S. The molecule has 1 aliphatic carbocycles. The normalized spacial score (nSPS) is 16.7. The average molecular weight is 427 g/mol. The van der Waals surface area contributed by atoms with Gasteiger partial charge < -0.3 is 10.6 Å². The van der Waals surface area contributed by atoms with Crippen LogP contribution in [0.5, 0.6) is 0 Å². The summed E-state index contributed by atoms with van der Waals surface area (Å²) in [5.41, 5.74) is 3.20. The number of hydrogen-bond donors (Lipinski definition) is 2. The van der Waals surface area contributed by atoms with Gasteiger partial charge in [-0.15, -0.1) is 11.3 Å². The van der Waals surface area contributed by atoms with Gasteiger partial charge in [-0.05, 0) is 75.5 Å². The third-order valence-corrected chi connectivity index (χ3v) is 6.99. The van der Waals surface area contributed by atoms with E-state index in [4.69, 9.17) is 0 Å². The summed E-state index contributed by atoms with van der Waals surface area (Å²) in [6.45, 7) is 14.7. The number of rotatable bonds is 3. The molecule has 30 heavy (non-hydrogen) atoms. The predicted molar refractivity (Wildman–Crippen MR) is 126 cm³/mol. The summed E-state index contributed by atoms with van der Waals surface area (Å²) in [5.74, 6) is 0.306. The van der Waals surface area contributed by atoms with Crippen molar-refractivity contribution < 1.29 is 9.59 Å². The average Bonchev–Trinajstić information content (AvgIpc) is 2.96. The van der Waals surface area contributed by atoms with Crippen LogP contribution in [0, 0.1) is 18.3 Å². The number of carbonyl (C=O) groups excluding carboxylic acids is 2. The molecule has 4 nitrogen and oxygen atoms in total. The molecule has 1 atom stereocenters. The topological polar surface area (TPSA) is 58.2 Å². The molecule has 1 aliphatic rings. The highest BCUT2D eigenvalue weighted by atomic mass is 32.1. The van der Waals surface area contributed by atoms with Crippen LogP contribution in [0.1, 0.15) is 84.7 Å². The van der Waals surface area contributed by atoms with Crippen LogP contribution in [0.3, 0.4) is 0 Å². The van der Waals surface area contributed by atoms with Crippen molar-refractivity contribution in [1.29, 1.82) is 0 Å². The van der Waals surface area contributed by atoms with Crippen LogP contribution in [-0.2, 0) is 12.8 Å². The quantitative estimate of drug-likeness (QED) is 0.633. The number of aryl methyl sites for hydroxylation is 1. The second-order valence-corrected chi connectivity index (χ2v) is 11.6. The second-order valence-electron chi connectivity index (χ2n) is 10.5. The lowest BCUT2D eigenvalue weighted by atomic mass is 9.72. The van der Waals surface area contributed by atoms with E-state index >= 15 is 0 Å². The molecule has 0 spiro atoms. The first-order chi connectivity index (χ1) is 13.9. The van der Waals surface area contributed by atoms with E-state index in [0.29, 0.717) is 22.0 Å². The van der Waals surface area contributed by atoms with Crippen LogP contribution >= 0.6 is 11.3 Å². The van der Waals surface area contributed by atoms with Crippen molar-refractivity contribution in [3.05, 3.63) is 51.4 Å². The van der Waals surface area contributed by atoms with Crippen molar-refractivity contribution in [2.75, 3.05) is 5.32 Å². The van der Waals surface area contributed by atoms with Crippen molar-refractivity contribution in [1.82, 2.24) is 5.32 Å². The maximum Gasteiger partial charge on any atom is 0.256 e. The van der Waals surface area contributed by atoms with Gasteiger partial charge in [-0.2, -0.15) is 0 Å². The van der Waals surface area contributed by atoms with Crippen molar-refractivity contribution >= 4 is 28.2 Å². The van der Waals surface area contributed by atoms with Crippen molar-refractivity contribution in [3.63, 3.8) is 0 Å². The summed E-state index contributed by atoms with van der Waals surface area (Å²) in [5, 5.41) is 6.83. The molecule has 0 bridgehead atoms. The minimum atomic E-state index is -0.341. The minimum Gasteiger partial charge on any atom is -0.347 e. The summed E-state index contributed by atoms with van der Waals surface area (Å²) in [7, 11) is 0. The number of nitrogens with one attached hydrogen (secondary N) is 2. The van der Waals surface area contributed by atoms with Crippen molar-refractivity contribution in [3.8, 4) is 0 Å². The van der Waals surface area contributed by atoms with Gasteiger partial charge >= 0.3 is 0 Å². The molecule has 0 fully saturated rings. The van der Waals surface area contributed by atoms with Crippen LogP contribution in [0.15, 0.2) is 24.3 Å². The van der Waals surface area contributed by atoms with Gasteiger partial charge in [0.15, 0.2) is 0 Å². The van der Waals surface area contributed by atoms with Gasteiger partial charge in [0.05, 0.1) is 5.56 Å².